The molecule has 2 aromatic rings. The van der Waals surface area contributed by atoms with Gasteiger partial charge in [0.2, 0.25) is 0 Å². The molecule has 0 fully saturated rings. The lowest BCUT2D eigenvalue weighted by atomic mass is 10.0. The molecule has 0 saturated carbocycles. The van der Waals surface area contributed by atoms with Crippen molar-refractivity contribution >= 4 is 12.1 Å². The van der Waals surface area contributed by atoms with Gasteiger partial charge < -0.3 is 20.3 Å². The molecule has 0 spiro atoms. The molecule has 3 N–H and O–H groups in total. The third-order valence-corrected chi connectivity index (χ3v) is 3.21. The number of carboxylic acids is 1. The fraction of sp³-hybridized carbons (Fsp3) is 0.176. The van der Waals surface area contributed by atoms with Crippen LogP contribution in [0, 0.1) is 0 Å². The van der Waals surface area contributed by atoms with Gasteiger partial charge in [-0.25, -0.2) is 9.59 Å². The molecule has 1 amide bonds. The van der Waals surface area contributed by atoms with E-state index in [4.69, 9.17) is 4.74 Å². The topological polar surface area (TPSA) is 95.9 Å². The van der Waals surface area contributed by atoms with Crippen molar-refractivity contribution in [3.63, 3.8) is 0 Å². The molecule has 0 aromatic heterocycles. The summed E-state index contributed by atoms with van der Waals surface area (Å²) in [5.41, 5.74) is 1.17. The second-order valence-electron chi connectivity index (χ2n) is 4.88. The first kappa shape index (κ1) is 16.5. The van der Waals surface area contributed by atoms with Crippen LogP contribution in [-0.4, -0.2) is 28.3 Å². The molecular formula is C17H17NO5. The van der Waals surface area contributed by atoms with E-state index in [0.29, 0.717) is 5.56 Å². The molecule has 0 bridgehead atoms. The van der Waals surface area contributed by atoms with Crippen LogP contribution < -0.4 is 5.32 Å². The SMILES string of the molecule is O=C(N[C@H](C(=O)O)C(O)c1ccccc1)OCc1ccccc1. The molecule has 0 heterocycles. The largest absolute Gasteiger partial charge is 0.480 e. The number of benzene rings is 2. The highest BCUT2D eigenvalue weighted by Crippen LogP contribution is 2.17. The number of carbonyl (C=O) groups excluding carboxylic acids is 1. The molecule has 0 radical (unpaired) electrons. The Hall–Kier alpha value is -2.86. The Bertz CT molecular complexity index is 645. The van der Waals surface area contributed by atoms with E-state index in [0.717, 1.165) is 5.56 Å². The Kier molecular flexibility index (Phi) is 5.71. The molecule has 6 nitrogen and oxygen atoms in total. The molecule has 1 unspecified atom stereocenters. The highest BCUT2D eigenvalue weighted by molar-refractivity contribution is 5.80. The molecule has 0 saturated heterocycles. The van der Waals surface area contributed by atoms with E-state index in [1.165, 1.54) is 0 Å². The van der Waals surface area contributed by atoms with Crippen molar-refractivity contribution in [3.05, 3.63) is 71.8 Å². The van der Waals surface area contributed by atoms with Crippen LogP contribution >= 0.6 is 0 Å². The predicted octanol–water partition coefficient (Wildman–Crippen LogP) is 2.10. The Morgan fingerprint density at radius 1 is 1.00 bits per heavy atom. The number of ether oxygens (including phenoxy) is 1. The maximum Gasteiger partial charge on any atom is 0.408 e. The Morgan fingerprint density at radius 3 is 2.13 bits per heavy atom. The molecule has 120 valence electrons. The molecule has 0 aliphatic rings. The van der Waals surface area contributed by atoms with Gasteiger partial charge in [0.05, 0.1) is 0 Å². The third kappa shape index (κ3) is 4.82. The molecular weight excluding hydrogens is 298 g/mol. The maximum atomic E-state index is 11.8. The Labute approximate surface area is 133 Å². The average Bonchev–Trinajstić information content (AvgIpc) is 2.58. The van der Waals surface area contributed by atoms with Gasteiger partial charge in [0, 0.05) is 0 Å². The number of amides is 1. The fourth-order valence-corrected chi connectivity index (χ4v) is 2.01. The number of alkyl carbamates (subject to hydrolysis) is 1. The van der Waals surface area contributed by atoms with Crippen LogP contribution in [0.1, 0.15) is 17.2 Å². The number of aliphatic carboxylic acids is 1. The summed E-state index contributed by atoms with van der Waals surface area (Å²) in [5, 5.41) is 21.5. The van der Waals surface area contributed by atoms with Crippen LogP contribution in [0.4, 0.5) is 4.79 Å². The predicted molar refractivity (Wildman–Crippen MR) is 82.6 cm³/mol. The average molecular weight is 315 g/mol. The highest BCUT2D eigenvalue weighted by Gasteiger charge is 2.29. The molecule has 2 atom stereocenters. The summed E-state index contributed by atoms with van der Waals surface area (Å²) in [6, 6.07) is 15.7. The van der Waals surface area contributed by atoms with E-state index in [1.54, 1.807) is 54.6 Å². The summed E-state index contributed by atoms with van der Waals surface area (Å²) in [5.74, 6) is -1.35. The van der Waals surface area contributed by atoms with Crippen LogP contribution in [0.2, 0.25) is 0 Å². The van der Waals surface area contributed by atoms with Crippen LogP contribution in [-0.2, 0) is 16.1 Å². The van der Waals surface area contributed by atoms with Crippen molar-refractivity contribution in [3.8, 4) is 0 Å². The lowest BCUT2D eigenvalue weighted by Crippen LogP contribution is -2.45. The van der Waals surface area contributed by atoms with E-state index in [1.807, 2.05) is 6.07 Å². The number of carbonyl (C=O) groups is 2. The lowest BCUT2D eigenvalue weighted by molar-refractivity contribution is -0.142. The van der Waals surface area contributed by atoms with Crippen LogP contribution in [0.5, 0.6) is 0 Å². The molecule has 6 heteroatoms. The summed E-state index contributed by atoms with van der Waals surface area (Å²) >= 11 is 0. The quantitative estimate of drug-likeness (QED) is 0.758. The van der Waals surface area contributed by atoms with Crippen LogP contribution in [0.25, 0.3) is 0 Å². The van der Waals surface area contributed by atoms with Gasteiger partial charge in [-0.2, -0.15) is 0 Å². The van der Waals surface area contributed by atoms with E-state index >= 15 is 0 Å². The van der Waals surface area contributed by atoms with E-state index in [2.05, 4.69) is 5.32 Å². The minimum atomic E-state index is -1.50. The number of aliphatic hydroxyl groups excluding tert-OH is 1. The molecule has 0 aliphatic heterocycles. The van der Waals surface area contributed by atoms with Crippen molar-refractivity contribution < 1.29 is 24.5 Å². The standard InChI is InChI=1S/C17H17NO5/c19-15(13-9-5-2-6-10-13)14(16(20)21)18-17(22)23-11-12-7-3-1-4-8-12/h1-10,14-15,19H,11H2,(H,18,22)(H,20,21)/t14-,15?/m0/s1. The summed E-state index contributed by atoms with van der Waals surface area (Å²) in [6.45, 7) is 0.0143. The van der Waals surface area contributed by atoms with E-state index in [-0.39, 0.29) is 6.61 Å². The summed E-state index contributed by atoms with van der Waals surface area (Å²) < 4.78 is 4.97. The highest BCUT2D eigenvalue weighted by atomic mass is 16.5. The third-order valence-electron chi connectivity index (χ3n) is 3.21. The van der Waals surface area contributed by atoms with E-state index < -0.39 is 24.2 Å². The second-order valence-corrected chi connectivity index (χ2v) is 4.88. The number of rotatable bonds is 6. The maximum absolute atomic E-state index is 11.8. The molecule has 23 heavy (non-hydrogen) atoms. The minimum absolute atomic E-state index is 0.0143. The van der Waals surface area contributed by atoms with Crippen LogP contribution in [0.3, 0.4) is 0 Å². The van der Waals surface area contributed by atoms with Gasteiger partial charge >= 0.3 is 12.1 Å². The second kappa shape index (κ2) is 7.95. The smallest absolute Gasteiger partial charge is 0.408 e. The molecule has 0 aliphatic carbocycles. The Balaban J connectivity index is 1.96. The number of carboxylic acid groups (broad SMARTS) is 1. The summed E-state index contributed by atoms with van der Waals surface area (Å²) in [7, 11) is 0. The first-order valence-corrected chi connectivity index (χ1v) is 7.01. The summed E-state index contributed by atoms with van der Waals surface area (Å²) in [4.78, 5) is 23.1. The van der Waals surface area contributed by atoms with Gasteiger partial charge in [-0.05, 0) is 11.1 Å². The van der Waals surface area contributed by atoms with Gasteiger partial charge in [-0.1, -0.05) is 60.7 Å². The normalized spacial score (nSPS) is 12.9. The number of aliphatic hydroxyl groups is 1. The minimum Gasteiger partial charge on any atom is -0.480 e. The zero-order valence-corrected chi connectivity index (χ0v) is 12.3. The van der Waals surface area contributed by atoms with E-state index in [9.17, 15) is 19.8 Å². The fourth-order valence-electron chi connectivity index (χ4n) is 2.01. The van der Waals surface area contributed by atoms with Crippen molar-refractivity contribution in [2.45, 2.75) is 18.8 Å². The van der Waals surface area contributed by atoms with Crippen LogP contribution in [0.15, 0.2) is 60.7 Å². The Morgan fingerprint density at radius 2 is 1.57 bits per heavy atom. The summed E-state index contributed by atoms with van der Waals surface area (Å²) in [6.07, 6.45) is -2.28. The van der Waals surface area contributed by atoms with Gasteiger partial charge in [0.15, 0.2) is 6.04 Å². The zero-order valence-electron chi connectivity index (χ0n) is 12.3. The number of nitrogens with one attached hydrogen (secondary N) is 1. The first-order chi connectivity index (χ1) is 11.1. The number of hydrogen-bond donors (Lipinski definition) is 3. The van der Waals surface area contributed by atoms with Gasteiger partial charge in [0.25, 0.3) is 0 Å². The van der Waals surface area contributed by atoms with Gasteiger partial charge in [-0.3, -0.25) is 0 Å². The van der Waals surface area contributed by atoms with Gasteiger partial charge in [-0.15, -0.1) is 0 Å². The molecule has 2 aromatic carbocycles. The van der Waals surface area contributed by atoms with Crippen molar-refractivity contribution in [2.75, 3.05) is 0 Å². The van der Waals surface area contributed by atoms with Gasteiger partial charge in [0.1, 0.15) is 12.7 Å². The van der Waals surface area contributed by atoms with Crippen molar-refractivity contribution in [2.24, 2.45) is 0 Å². The monoisotopic (exact) mass is 315 g/mol. The lowest BCUT2D eigenvalue weighted by Gasteiger charge is -2.20. The molecule has 2 rings (SSSR count). The zero-order chi connectivity index (χ0) is 16.7. The number of hydrogen-bond acceptors (Lipinski definition) is 4. The first-order valence-electron chi connectivity index (χ1n) is 7.01. The van der Waals surface area contributed by atoms with Crippen molar-refractivity contribution in [1.29, 1.82) is 0 Å². The van der Waals surface area contributed by atoms with Crippen molar-refractivity contribution in [1.82, 2.24) is 5.32 Å².